The number of halogens is 1. The Morgan fingerprint density at radius 1 is 1.19 bits per heavy atom. The van der Waals surface area contributed by atoms with Crippen molar-refractivity contribution in [2.24, 2.45) is 0 Å². The number of carbonyl (C=O) groups excluding carboxylic acids is 1. The van der Waals surface area contributed by atoms with Gasteiger partial charge < -0.3 is 9.64 Å². The molecular weight excluding hydrogens is 366 g/mol. The van der Waals surface area contributed by atoms with E-state index in [1.165, 1.54) is 10.4 Å². The molecule has 1 atom stereocenters. The lowest BCUT2D eigenvalue weighted by molar-refractivity contribution is 0.0698. The van der Waals surface area contributed by atoms with Crippen LogP contribution in [0.25, 0.3) is 0 Å². The molecule has 0 bridgehead atoms. The molecule has 1 amide bonds. The minimum atomic E-state index is -0.1000. The summed E-state index contributed by atoms with van der Waals surface area (Å²) in [6.45, 7) is 0.688. The Hall–Kier alpha value is -2.30. The minimum absolute atomic E-state index is 0.0218. The fraction of sp³-hybridized carbons (Fsp3) is 0.190. The SMILES string of the molecule is COc1cccc(C2c3sccc3CCN2C(=O)c2ccc(Cl)cc2)c1. The largest absolute Gasteiger partial charge is 0.497 e. The molecule has 1 unspecified atom stereocenters. The van der Waals surface area contributed by atoms with E-state index in [1.807, 2.05) is 23.1 Å². The van der Waals surface area contributed by atoms with Crippen LogP contribution in [0.5, 0.6) is 5.75 Å². The number of ether oxygens (including phenoxy) is 1. The third-order valence-corrected chi connectivity index (χ3v) is 5.99. The summed E-state index contributed by atoms with van der Waals surface area (Å²) in [5.74, 6) is 0.818. The maximum Gasteiger partial charge on any atom is 0.254 e. The van der Waals surface area contributed by atoms with Crippen LogP contribution in [0.2, 0.25) is 5.02 Å². The number of rotatable bonds is 3. The summed E-state index contributed by atoms with van der Waals surface area (Å²) in [4.78, 5) is 16.4. The van der Waals surface area contributed by atoms with Gasteiger partial charge in [-0.3, -0.25) is 4.79 Å². The first-order chi connectivity index (χ1) is 12.7. The van der Waals surface area contributed by atoms with E-state index >= 15 is 0 Å². The molecule has 0 fully saturated rings. The van der Waals surface area contributed by atoms with Crippen LogP contribution in [0.1, 0.15) is 32.4 Å². The summed E-state index contributed by atoms with van der Waals surface area (Å²) in [6, 6.07) is 17.1. The highest BCUT2D eigenvalue weighted by Crippen LogP contribution is 2.40. The van der Waals surface area contributed by atoms with Gasteiger partial charge in [0.15, 0.2) is 0 Å². The number of benzene rings is 2. The van der Waals surface area contributed by atoms with E-state index in [-0.39, 0.29) is 11.9 Å². The Kier molecular flexibility index (Phi) is 4.70. The summed E-state index contributed by atoms with van der Waals surface area (Å²) in [5, 5.41) is 2.73. The van der Waals surface area contributed by atoms with Gasteiger partial charge in [-0.05, 0) is 65.4 Å². The maximum absolute atomic E-state index is 13.2. The van der Waals surface area contributed by atoms with Crippen LogP contribution in [0, 0.1) is 0 Å². The number of hydrogen-bond donors (Lipinski definition) is 0. The molecule has 4 rings (SSSR count). The molecule has 1 aromatic heterocycles. The average Bonchev–Trinajstić information content (AvgIpc) is 3.16. The fourth-order valence-electron chi connectivity index (χ4n) is 3.43. The second-order valence-corrected chi connectivity index (χ2v) is 7.63. The van der Waals surface area contributed by atoms with E-state index in [1.54, 1.807) is 42.7 Å². The number of carbonyl (C=O) groups is 1. The third kappa shape index (κ3) is 3.11. The van der Waals surface area contributed by atoms with Crippen molar-refractivity contribution in [1.82, 2.24) is 4.90 Å². The topological polar surface area (TPSA) is 29.5 Å². The van der Waals surface area contributed by atoms with Gasteiger partial charge >= 0.3 is 0 Å². The fourth-order valence-corrected chi connectivity index (χ4v) is 4.64. The second-order valence-electron chi connectivity index (χ2n) is 6.24. The van der Waals surface area contributed by atoms with Gasteiger partial charge in [-0.2, -0.15) is 0 Å². The lowest BCUT2D eigenvalue weighted by atomic mass is 9.94. The van der Waals surface area contributed by atoms with Crippen molar-refractivity contribution in [2.75, 3.05) is 13.7 Å². The molecule has 2 aromatic carbocycles. The number of fused-ring (bicyclic) bond motifs is 1. The molecule has 3 aromatic rings. The Bertz CT molecular complexity index is 935. The molecular formula is C21H18ClNO2S. The quantitative estimate of drug-likeness (QED) is 0.622. The van der Waals surface area contributed by atoms with E-state index in [4.69, 9.17) is 16.3 Å². The zero-order valence-electron chi connectivity index (χ0n) is 14.3. The Morgan fingerprint density at radius 3 is 2.77 bits per heavy atom. The number of amides is 1. The third-order valence-electron chi connectivity index (χ3n) is 4.72. The predicted molar refractivity (Wildman–Crippen MR) is 105 cm³/mol. The van der Waals surface area contributed by atoms with Crippen molar-refractivity contribution in [3.05, 3.63) is 86.6 Å². The smallest absolute Gasteiger partial charge is 0.254 e. The molecule has 5 heteroatoms. The summed E-state index contributed by atoms with van der Waals surface area (Å²) in [5.41, 5.74) is 3.04. The second kappa shape index (κ2) is 7.14. The van der Waals surface area contributed by atoms with Gasteiger partial charge in [0.2, 0.25) is 0 Å². The zero-order chi connectivity index (χ0) is 18.1. The summed E-state index contributed by atoms with van der Waals surface area (Å²) >= 11 is 7.68. The molecule has 0 saturated heterocycles. The van der Waals surface area contributed by atoms with Crippen LogP contribution < -0.4 is 4.74 Å². The summed E-state index contributed by atoms with van der Waals surface area (Å²) in [6.07, 6.45) is 0.874. The first-order valence-electron chi connectivity index (χ1n) is 8.44. The number of thiophene rings is 1. The van der Waals surface area contributed by atoms with E-state index in [9.17, 15) is 4.79 Å². The van der Waals surface area contributed by atoms with Gasteiger partial charge in [-0.25, -0.2) is 0 Å². The normalized spacial score (nSPS) is 16.2. The number of nitrogens with zero attached hydrogens (tertiary/aromatic N) is 1. The standard InChI is InChI=1S/C21H18ClNO2S/c1-25-18-4-2-3-16(13-18)19-20-14(10-12-26-20)9-11-23(19)21(24)15-5-7-17(22)8-6-15/h2-8,10,12-13,19H,9,11H2,1H3. The highest BCUT2D eigenvalue weighted by atomic mass is 35.5. The number of methoxy groups -OCH3 is 1. The van der Waals surface area contributed by atoms with Crippen LogP contribution in [0.4, 0.5) is 0 Å². The van der Waals surface area contributed by atoms with Crippen molar-refractivity contribution < 1.29 is 9.53 Å². The summed E-state index contributed by atoms with van der Waals surface area (Å²) in [7, 11) is 1.66. The molecule has 26 heavy (non-hydrogen) atoms. The molecule has 132 valence electrons. The molecule has 0 radical (unpaired) electrons. The minimum Gasteiger partial charge on any atom is -0.497 e. The van der Waals surface area contributed by atoms with Gasteiger partial charge in [0.25, 0.3) is 5.91 Å². The maximum atomic E-state index is 13.2. The van der Waals surface area contributed by atoms with E-state index in [0.717, 1.165) is 17.7 Å². The average molecular weight is 384 g/mol. The highest BCUT2D eigenvalue weighted by molar-refractivity contribution is 7.10. The monoisotopic (exact) mass is 383 g/mol. The van der Waals surface area contributed by atoms with Gasteiger partial charge in [0.1, 0.15) is 5.75 Å². The Morgan fingerprint density at radius 2 is 2.00 bits per heavy atom. The van der Waals surface area contributed by atoms with Gasteiger partial charge in [-0.15, -0.1) is 11.3 Å². The van der Waals surface area contributed by atoms with E-state index < -0.39 is 0 Å². The van der Waals surface area contributed by atoms with E-state index in [0.29, 0.717) is 17.1 Å². The lowest BCUT2D eigenvalue weighted by Crippen LogP contribution is -2.40. The van der Waals surface area contributed by atoms with Crippen LogP contribution in [0.3, 0.4) is 0 Å². The summed E-state index contributed by atoms with van der Waals surface area (Å²) < 4.78 is 5.39. The molecule has 0 aliphatic carbocycles. The molecule has 0 spiro atoms. The molecule has 3 nitrogen and oxygen atoms in total. The van der Waals surface area contributed by atoms with Crippen LogP contribution in [0.15, 0.2) is 60.0 Å². The molecule has 1 aliphatic rings. The first-order valence-corrected chi connectivity index (χ1v) is 9.70. The Labute approximate surface area is 161 Å². The zero-order valence-corrected chi connectivity index (χ0v) is 15.9. The Balaban J connectivity index is 1.77. The van der Waals surface area contributed by atoms with Gasteiger partial charge in [0, 0.05) is 22.0 Å². The van der Waals surface area contributed by atoms with Crippen LogP contribution in [-0.2, 0) is 6.42 Å². The number of hydrogen-bond acceptors (Lipinski definition) is 3. The predicted octanol–water partition coefficient (Wildman–Crippen LogP) is 5.20. The van der Waals surface area contributed by atoms with Crippen molar-refractivity contribution in [3.8, 4) is 5.75 Å². The lowest BCUT2D eigenvalue weighted by Gasteiger charge is -2.36. The van der Waals surface area contributed by atoms with Crippen molar-refractivity contribution in [3.63, 3.8) is 0 Å². The van der Waals surface area contributed by atoms with Crippen LogP contribution >= 0.6 is 22.9 Å². The van der Waals surface area contributed by atoms with Gasteiger partial charge in [-0.1, -0.05) is 23.7 Å². The van der Waals surface area contributed by atoms with Crippen molar-refractivity contribution in [1.29, 1.82) is 0 Å². The first kappa shape index (κ1) is 17.1. The van der Waals surface area contributed by atoms with Crippen molar-refractivity contribution >= 4 is 28.8 Å². The van der Waals surface area contributed by atoms with Gasteiger partial charge in [0.05, 0.1) is 13.2 Å². The molecule has 2 heterocycles. The van der Waals surface area contributed by atoms with E-state index in [2.05, 4.69) is 17.5 Å². The molecule has 0 N–H and O–H groups in total. The van der Waals surface area contributed by atoms with Crippen molar-refractivity contribution in [2.45, 2.75) is 12.5 Å². The molecule has 1 aliphatic heterocycles. The highest BCUT2D eigenvalue weighted by Gasteiger charge is 2.33. The molecule has 0 saturated carbocycles. The van der Waals surface area contributed by atoms with Crippen LogP contribution in [-0.4, -0.2) is 24.5 Å².